The Labute approximate surface area is 463 Å². The Kier molecular flexibility index (Phi) is 25.7. The van der Waals surface area contributed by atoms with Crippen molar-refractivity contribution in [1.29, 1.82) is 0 Å². The average molecular weight is 1020 g/mol. The number of amidine groups is 1. The normalized spacial score (nSPS) is 13.7. The lowest BCUT2D eigenvalue weighted by molar-refractivity contribution is 0.289. The van der Waals surface area contributed by atoms with Crippen LogP contribution in [-0.4, -0.2) is 22.2 Å². The maximum Gasteiger partial charge on any atom is 0.155 e. The fraction of sp³-hybridized carbons (Fsp3) is 0.250. The number of nitrogens with zero attached hydrogens (tertiary/aromatic N) is 4. The van der Waals surface area contributed by atoms with Gasteiger partial charge in [0.05, 0.1) is 23.6 Å². The molecule has 2 N–H and O–H groups in total. The number of hydrogen-bond acceptors (Lipinski definition) is 4. The van der Waals surface area contributed by atoms with Crippen LogP contribution in [0.25, 0.3) is 39.0 Å². The number of terminal acetylenes is 1. The molecule has 2 aliphatic rings. The van der Waals surface area contributed by atoms with E-state index in [2.05, 4.69) is 174 Å². The minimum Gasteiger partial charge on any atom is -0.398 e. The van der Waals surface area contributed by atoms with Gasteiger partial charge in [-0.05, 0) is 110 Å². The Morgan fingerprint density at radius 1 is 0.636 bits per heavy atom. The second-order valence-electron chi connectivity index (χ2n) is 18.7. The number of nitrogens with two attached hydrogens (primary N) is 1. The van der Waals surface area contributed by atoms with Crippen LogP contribution in [0, 0.1) is 25.2 Å². The van der Waals surface area contributed by atoms with E-state index in [1.54, 1.807) is 31.8 Å². The highest BCUT2D eigenvalue weighted by Gasteiger charge is 2.47. The number of pyridine rings is 1. The fourth-order valence-electron chi connectivity index (χ4n) is 8.73. The molecule has 0 radical (unpaired) electrons. The molecule has 1 spiro atoms. The van der Waals surface area contributed by atoms with E-state index in [0.717, 1.165) is 88.9 Å². The second-order valence-corrected chi connectivity index (χ2v) is 18.7. The van der Waals surface area contributed by atoms with Crippen molar-refractivity contribution >= 4 is 45.0 Å². The number of benzene rings is 6. The quantitative estimate of drug-likeness (QED) is 0.0541. The third-order valence-electron chi connectivity index (χ3n) is 13.3. The molecule has 77 heavy (non-hydrogen) atoms. The Hall–Kier alpha value is -8.20. The van der Waals surface area contributed by atoms with Crippen molar-refractivity contribution < 1.29 is 0 Å². The average Bonchev–Trinajstić information content (AvgIpc) is 4.31. The van der Waals surface area contributed by atoms with Crippen molar-refractivity contribution in [1.82, 2.24) is 4.98 Å². The number of fused-ring (bicyclic) bond motifs is 1. The summed E-state index contributed by atoms with van der Waals surface area (Å²) in [7, 11) is 0. The molecule has 2 fully saturated rings. The van der Waals surface area contributed by atoms with Crippen LogP contribution in [0.1, 0.15) is 145 Å². The van der Waals surface area contributed by atoms with Gasteiger partial charge in [-0.2, -0.15) is 0 Å². The molecule has 2 aliphatic carbocycles. The first-order valence-electron chi connectivity index (χ1n) is 27.4. The van der Waals surface area contributed by atoms with Crippen molar-refractivity contribution in [2.45, 2.75) is 114 Å². The molecule has 5 heteroatoms. The van der Waals surface area contributed by atoms with Crippen molar-refractivity contribution in [2.24, 2.45) is 26.1 Å². The van der Waals surface area contributed by atoms with Gasteiger partial charge in [-0.1, -0.05) is 237 Å². The summed E-state index contributed by atoms with van der Waals surface area (Å²) in [4.78, 5) is 20.2. The monoisotopic (exact) mass is 1020 g/mol. The van der Waals surface area contributed by atoms with Crippen LogP contribution in [0.2, 0.25) is 0 Å². The van der Waals surface area contributed by atoms with E-state index < -0.39 is 0 Å². The number of aromatic nitrogens is 1. The van der Waals surface area contributed by atoms with Crippen molar-refractivity contribution in [3.8, 4) is 24.1 Å². The maximum absolute atomic E-state index is 6.88. The van der Waals surface area contributed by atoms with E-state index in [0.29, 0.717) is 23.8 Å². The van der Waals surface area contributed by atoms with E-state index in [-0.39, 0.29) is 0 Å². The van der Waals surface area contributed by atoms with Gasteiger partial charge in [-0.3, -0.25) is 9.98 Å². The highest BCUT2D eigenvalue weighted by molar-refractivity contribution is 6.19. The SMILES string of the molecule is C#C.C1CC2(C1)CC2.C=C/C=C\C=C(/C)c1ccc(CN=C(N=C(C)c2ccc(C(=C)N=C(/C(C)=C(\N)c3ccccc3C)c3ccccc3)c3ccccc23)c2ccc(-c3ccccn3)cc2)cc1.CC.CC.CCC. The zero-order valence-electron chi connectivity index (χ0n) is 47.8. The predicted octanol–water partition coefficient (Wildman–Crippen LogP) is 19.3. The minimum atomic E-state index is 0.469. The predicted molar refractivity (Wildman–Crippen MR) is 340 cm³/mol. The first-order valence-corrected chi connectivity index (χ1v) is 27.4. The van der Waals surface area contributed by atoms with E-state index in [1.807, 2.05) is 108 Å². The molecule has 0 unspecified atom stereocenters. The van der Waals surface area contributed by atoms with Gasteiger partial charge in [0, 0.05) is 51.0 Å². The summed E-state index contributed by atoms with van der Waals surface area (Å²) >= 11 is 0. The molecule has 0 saturated heterocycles. The van der Waals surface area contributed by atoms with E-state index >= 15 is 0 Å². The van der Waals surface area contributed by atoms with Gasteiger partial charge in [0.15, 0.2) is 5.84 Å². The van der Waals surface area contributed by atoms with Crippen LogP contribution < -0.4 is 5.73 Å². The number of rotatable bonds is 13. The number of aliphatic imine (C=N–C) groups is 3. The van der Waals surface area contributed by atoms with Crippen LogP contribution in [0.5, 0.6) is 0 Å². The van der Waals surface area contributed by atoms with Gasteiger partial charge in [-0.25, -0.2) is 9.98 Å². The van der Waals surface area contributed by atoms with E-state index in [4.69, 9.17) is 20.7 Å². The summed E-state index contributed by atoms with van der Waals surface area (Å²) in [6, 6.07) is 53.7. The number of aryl methyl sites for hydroxylation is 1. The highest BCUT2D eigenvalue weighted by atomic mass is 14.9. The summed E-state index contributed by atoms with van der Waals surface area (Å²) in [5, 5.41) is 2.07. The lowest BCUT2D eigenvalue weighted by Gasteiger charge is -2.23. The Balaban J connectivity index is 0.000000752. The van der Waals surface area contributed by atoms with Gasteiger partial charge >= 0.3 is 0 Å². The summed E-state index contributed by atoms with van der Waals surface area (Å²) in [5.41, 5.74) is 22.9. The summed E-state index contributed by atoms with van der Waals surface area (Å²) in [6.07, 6.45) is 26.6. The van der Waals surface area contributed by atoms with Crippen molar-refractivity contribution in [3.63, 3.8) is 0 Å². The maximum atomic E-state index is 6.88. The molecule has 0 bridgehead atoms. The molecule has 1 aromatic heterocycles. The first kappa shape index (κ1) is 61.3. The van der Waals surface area contributed by atoms with Gasteiger partial charge in [0.1, 0.15) is 0 Å². The third kappa shape index (κ3) is 17.4. The van der Waals surface area contributed by atoms with E-state index in [9.17, 15) is 0 Å². The molecule has 0 aliphatic heterocycles. The molecule has 5 nitrogen and oxygen atoms in total. The van der Waals surface area contributed by atoms with Crippen LogP contribution in [-0.2, 0) is 6.54 Å². The molecule has 396 valence electrons. The molecule has 1 heterocycles. The molecular formula is C72H83N5. The zero-order valence-corrected chi connectivity index (χ0v) is 47.8. The lowest BCUT2D eigenvalue weighted by Crippen LogP contribution is -2.11. The first-order chi connectivity index (χ1) is 37.5. The van der Waals surface area contributed by atoms with Crippen LogP contribution in [0.4, 0.5) is 0 Å². The molecular weight excluding hydrogens is 935 g/mol. The summed E-state index contributed by atoms with van der Waals surface area (Å²) in [5.74, 6) is 0.646. The lowest BCUT2D eigenvalue weighted by atomic mass is 9.82. The topological polar surface area (TPSA) is 76.0 Å². The Bertz CT molecular complexity index is 3170. The smallest absolute Gasteiger partial charge is 0.155 e. The molecule has 0 atom stereocenters. The Morgan fingerprint density at radius 2 is 1.21 bits per heavy atom. The zero-order chi connectivity index (χ0) is 56.2. The number of hydrogen-bond donors (Lipinski definition) is 1. The summed E-state index contributed by atoms with van der Waals surface area (Å²) in [6.45, 7) is 29.3. The molecule has 0 amide bonds. The minimum absolute atomic E-state index is 0.469. The standard InChI is InChI=1S/C57H51N5.C6H10.C3H8.2C2H6.C2H2/c1-7-8-10-19-39(2)45-29-27-44(28-30-45)38-60-57(48-33-31-46(32-34-48)54-26-17-18-37-59-54)62-43(6)51-36-35-50(52-24-15-16-25-53(51)52)42(5)61-56(47-21-11-9-12-22-47)41(4)55(58)49-23-14-13-20-40(49)3;1-2-6(3-1)4-5-6;1-3-2;3*1-2/h7-37H,1,5,38,58H2,2-4,6H3;1-5H2;3H2,1-2H3;2*1-2H3;1-2H/b10-8-,39-19+,55-41-,60-57?,61-56?,62-43?;;;;;. The van der Waals surface area contributed by atoms with Gasteiger partial charge in [0.2, 0.25) is 0 Å². The van der Waals surface area contributed by atoms with Gasteiger partial charge in [-0.15, -0.1) is 12.8 Å². The largest absolute Gasteiger partial charge is 0.398 e. The third-order valence-corrected chi connectivity index (χ3v) is 13.3. The highest BCUT2D eigenvalue weighted by Crippen LogP contribution is 2.60. The summed E-state index contributed by atoms with van der Waals surface area (Å²) < 4.78 is 0. The molecule has 7 aromatic rings. The van der Waals surface area contributed by atoms with Crippen LogP contribution in [0.15, 0.2) is 222 Å². The fourth-order valence-corrected chi connectivity index (χ4v) is 8.73. The molecule has 6 aromatic carbocycles. The van der Waals surface area contributed by atoms with Crippen molar-refractivity contribution in [3.05, 3.63) is 251 Å². The Morgan fingerprint density at radius 3 is 1.77 bits per heavy atom. The number of allylic oxidation sites excluding steroid dienone is 6. The second kappa shape index (κ2) is 32.3. The van der Waals surface area contributed by atoms with Crippen LogP contribution in [0.3, 0.4) is 0 Å². The molecule has 9 rings (SSSR count). The molecule has 2 saturated carbocycles. The van der Waals surface area contributed by atoms with Gasteiger partial charge < -0.3 is 5.73 Å². The van der Waals surface area contributed by atoms with Crippen LogP contribution >= 0.6 is 0 Å². The van der Waals surface area contributed by atoms with E-state index in [1.165, 1.54) is 18.4 Å². The van der Waals surface area contributed by atoms with Crippen molar-refractivity contribution in [2.75, 3.05) is 0 Å². The van der Waals surface area contributed by atoms with Gasteiger partial charge in [0.25, 0.3) is 0 Å².